The van der Waals surface area contributed by atoms with Crippen LogP contribution in [0.4, 0.5) is 0 Å². The van der Waals surface area contributed by atoms with Gasteiger partial charge < -0.3 is 11.1 Å². The van der Waals surface area contributed by atoms with Crippen molar-refractivity contribution in [2.24, 2.45) is 5.73 Å². The molecular weight excluding hydrogens is 244 g/mol. The molecule has 0 saturated heterocycles. The molecule has 1 atom stereocenters. The summed E-state index contributed by atoms with van der Waals surface area (Å²) in [5, 5.41) is 7.04. The highest BCUT2D eigenvalue weighted by Gasteiger charge is 2.02. The molecule has 1 aromatic rings. The summed E-state index contributed by atoms with van der Waals surface area (Å²) in [7, 11) is 0. The Labute approximate surface area is 107 Å². The Morgan fingerprint density at radius 2 is 2.38 bits per heavy atom. The molecule has 0 radical (unpaired) electrons. The molecule has 1 amide bonds. The van der Waals surface area contributed by atoms with Crippen molar-refractivity contribution in [1.82, 2.24) is 5.32 Å². The second kappa shape index (κ2) is 8.56. The monoisotopic (exact) mass is 262 g/mol. The number of hydrogen-bond acceptors (Lipinski definition) is 3. The Morgan fingerprint density at radius 1 is 1.62 bits per heavy atom. The zero-order valence-electron chi connectivity index (χ0n) is 9.44. The van der Waals surface area contributed by atoms with Gasteiger partial charge in [0.1, 0.15) is 0 Å². The van der Waals surface area contributed by atoms with Crippen molar-refractivity contribution in [2.75, 3.05) is 6.54 Å². The fourth-order valence-corrected chi connectivity index (χ4v) is 1.93. The summed E-state index contributed by atoms with van der Waals surface area (Å²) in [6.45, 7) is 2.63. The molecule has 0 saturated carbocycles. The summed E-state index contributed by atoms with van der Waals surface area (Å²) >= 11 is 1.68. The average molecular weight is 263 g/mol. The molecule has 1 heterocycles. The van der Waals surface area contributed by atoms with Crippen LogP contribution in [0.25, 0.3) is 0 Å². The third kappa shape index (κ3) is 6.82. The number of nitrogens with one attached hydrogen (secondary N) is 1. The van der Waals surface area contributed by atoms with E-state index in [1.165, 1.54) is 5.56 Å². The molecule has 16 heavy (non-hydrogen) atoms. The first-order chi connectivity index (χ1) is 7.18. The summed E-state index contributed by atoms with van der Waals surface area (Å²) in [5.41, 5.74) is 6.85. The number of halogens is 1. The lowest BCUT2D eigenvalue weighted by molar-refractivity contribution is -0.121. The summed E-state index contributed by atoms with van der Waals surface area (Å²) in [4.78, 5) is 11.3. The van der Waals surface area contributed by atoms with Gasteiger partial charge in [0.05, 0.1) is 0 Å². The minimum absolute atomic E-state index is 0. The molecule has 0 aliphatic carbocycles. The van der Waals surface area contributed by atoms with Gasteiger partial charge in [0.25, 0.3) is 0 Å². The summed E-state index contributed by atoms with van der Waals surface area (Å²) < 4.78 is 0. The lowest BCUT2D eigenvalue weighted by atomic mass is 10.2. The lowest BCUT2D eigenvalue weighted by Gasteiger charge is -2.06. The molecule has 0 aliphatic rings. The Morgan fingerprint density at radius 3 is 2.94 bits per heavy atom. The lowest BCUT2D eigenvalue weighted by Crippen LogP contribution is -2.27. The highest BCUT2D eigenvalue weighted by atomic mass is 35.5. The Bertz CT molecular complexity index is 288. The highest BCUT2D eigenvalue weighted by molar-refractivity contribution is 7.07. The van der Waals surface area contributed by atoms with Crippen LogP contribution >= 0.6 is 23.7 Å². The number of nitrogens with two attached hydrogens (primary N) is 1. The van der Waals surface area contributed by atoms with Gasteiger partial charge in [-0.25, -0.2) is 0 Å². The van der Waals surface area contributed by atoms with E-state index in [0.29, 0.717) is 13.0 Å². The van der Waals surface area contributed by atoms with Crippen LogP contribution in [-0.2, 0) is 11.2 Å². The second-order valence-electron chi connectivity index (χ2n) is 3.75. The van der Waals surface area contributed by atoms with Gasteiger partial charge in [0.15, 0.2) is 0 Å². The van der Waals surface area contributed by atoms with Crippen LogP contribution in [0, 0.1) is 0 Å². The first-order valence-corrected chi connectivity index (χ1v) is 6.16. The number of thiophene rings is 1. The summed E-state index contributed by atoms with van der Waals surface area (Å²) in [5.74, 6) is 0.0996. The second-order valence-corrected chi connectivity index (χ2v) is 4.53. The van der Waals surface area contributed by atoms with Gasteiger partial charge in [0, 0.05) is 19.0 Å². The standard InChI is InChI=1S/C11H18N2OS.ClH/c1-9(12)2-3-11(14)13-6-4-10-5-7-15-8-10;/h5,7-9H,2-4,6,12H2,1H3,(H,13,14);1H. The van der Waals surface area contributed by atoms with Crippen molar-refractivity contribution in [1.29, 1.82) is 0 Å². The van der Waals surface area contributed by atoms with E-state index in [2.05, 4.69) is 16.8 Å². The molecular formula is C11H19ClN2OS. The van der Waals surface area contributed by atoms with E-state index < -0.39 is 0 Å². The quantitative estimate of drug-likeness (QED) is 0.823. The number of rotatable bonds is 6. The molecule has 0 bridgehead atoms. The fourth-order valence-electron chi connectivity index (χ4n) is 1.23. The molecule has 0 aromatic carbocycles. The van der Waals surface area contributed by atoms with E-state index >= 15 is 0 Å². The molecule has 1 rings (SSSR count). The maximum atomic E-state index is 11.3. The smallest absolute Gasteiger partial charge is 0.220 e. The van der Waals surface area contributed by atoms with Crippen LogP contribution in [0.3, 0.4) is 0 Å². The van der Waals surface area contributed by atoms with Crippen LogP contribution in [0.5, 0.6) is 0 Å². The van der Waals surface area contributed by atoms with E-state index in [-0.39, 0.29) is 24.4 Å². The maximum Gasteiger partial charge on any atom is 0.220 e. The largest absolute Gasteiger partial charge is 0.356 e. The number of carbonyl (C=O) groups excluding carboxylic acids is 1. The third-order valence-corrected chi connectivity index (χ3v) is 2.87. The molecule has 3 N–H and O–H groups in total. The van der Waals surface area contributed by atoms with Crippen LogP contribution < -0.4 is 11.1 Å². The van der Waals surface area contributed by atoms with E-state index in [1.807, 2.05) is 12.3 Å². The number of carbonyl (C=O) groups is 1. The molecule has 5 heteroatoms. The van der Waals surface area contributed by atoms with Crippen molar-refractivity contribution in [3.8, 4) is 0 Å². The van der Waals surface area contributed by atoms with Gasteiger partial charge in [-0.05, 0) is 42.2 Å². The Kier molecular flexibility index (Phi) is 8.25. The molecule has 1 aromatic heterocycles. The van der Waals surface area contributed by atoms with Crippen LogP contribution in [0.2, 0.25) is 0 Å². The van der Waals surface area contributed by atoms with E-state index in [0.717, 1.165) is 12.8 Å². The number of hydrogen-bond donors (Lipinski definition) is 2. The van der Waals surface area contributed by atoms with Gasteiger partial charge in [-0.1, -0.05) is 0 Å². The van der Waals surface area contributed by atoms with Gasteiger partial charge in [-0.2, -0.15) is 11.3 Å². The van der Waals surface area contributed by atoms with E-state index in [1.54, 1.807) is 11.3 Å². The fraction of sp³-hybridized carbons (Fsp3) is 0.545. The predicted molar refractivity (Wildman–Crippen MR) is 71.2 cm³/mol. The predicted octanol–water partition coefficient (Wildman–Crippen LogP) is 1.96. The van der Waals surface area contributed by atoms with E-state index in [9.17, 15) is 4.79 Å². The molecule has 1 unspecified atom stereocenters. The molecule has 0 aliphatic heterocycles. The topological polar surface area (TPSA) is 55.1 Å². The normalized spacial score (nSPS) is 11.6. The molecule has 3 nitrogen and oxygen atoms in total. The van der Waals surface area contributed by atoms with Gasteiger partial charge >= 0.3 is 0 Å². The van der Waals surface area contributed by atoms with Gasteiger partial charge in [-0.15, -0.1) is 12.4 Å². The van der Waals surface area contributed by atoms with Crippen molar-refractivity contribution < 1.29 is 4.79 Å². The maximum absolute atomic E-state index is 11.3. The SMILES string of the molecule is CC(N)CCC(=O)NCCc1ccsc1.Cl. The summed E-state index contributed by atoms with van der Waals surface area (Å²) in [6, 6.07) is 2.19. The van der Waals surface area contributed by atoms with Crippen LogP contribution in [0.15, 0.2) is 16.8 Å². The number of amides is 1. The zero-order chi connectivity index (χ0) is 11.1. The molecule has 92 valence electrons. The minimum atomic E-state index is 0. The Balaban J connectivity index is 0.00000225. The zero-order valence-corrected chi connectivity index (χ0v) is 11.1. The van der Waals surface area contributed by atoms with Crippen LogP contribution in [0.1, 0.15) is 25.3 Å². The Hall–Kier alpha value is -0.580. The minimum Gasteiger partial charge on any atom is -0.356 e. The average Bonchev–Trinajstić information content (AvgIpc) is 2.67. The van der Waals surface area contributed by atoms with Crippen LogP contribution in [-0.4, -0.2) is 18.5 Å². The van der Waals surface area contributed by atoms with Gasteiger partial charge in [0.2, 0.25) is 5.91 Å². The van der Waals surface area contributed by atoms with Crippen molar-refractivity contribution in [2.45, 2.75) is 32.2 Å². The molecule has 0 spiro atoms. The van der Waals surface area contributed by atoms with E-state index in [4.69, 9.17) is 5.73 Å². The van der Waals surface area contributed by atoms with Gasteiger partial charge in [-0.3, -0.25) is 4.79 Å². The first kappa shape index (κ1) is 15.4. The highest BCUT2D eigenvalue weighted by Crippen LogP contribution is 2.05. The summed E-state index contributed by atoms with van der Waals surface area (Å²) in [6.07, 6.45) is 2.19. The first-order valence-electron chi connectivity index (χ1n) is 5.22. The van der Waals surface area contributed by atoms with Crippen molar-refractivity contribution in [3.05, 3.63) is 22.4 Å². The van der Waals surface area contributed by atoms with Crippen molar-refractivity contribution in [3.63, 3.8) is 0 Å². The third-order valence-electron chi connectivity index (χ3n) is 2.14. The molecule has 0 fully saturated rings. The van der Waals surface area contributed by atoms with Crippen molar-refractivity contribution >= 4 is 29.7 Å².